The number of halogens is 3. The maximum atomic E-state index is 12.5. The molecule has 2 aromatic rings. The van der Waals surface area contributed by atoms with E-state index in [1.165, 1.54) is 12.3 Å². The topological polar surface area (TPSA) is 51.8 Å². The van der Waals surface area contributed by atoms with Gasteiger partial charge in [-0.2, -0.15) is 23.4 Å². The van der Waals surface area contributed by atoms with E-state index in [-0.39, 0.29) is 6.42 Å². The van der Waals surface area contributed by atoms with Crippen molar-refractivity contribution < 1.29 is 13.2 Å². The van der Waals surface area contributed by atoms with Gasteiger partial charge in [-0.1, -0.05) is 18.2 Å². The lowest BCUT2D eigenvalue weighted by Gasteiger charge is -2.08. The van der Waals surface area contributed by atoms with E-state index in [0.717, 1.165) is 12.1 Å². The summed E-state index contributed by atoms with van der Waals surface area (Å²) in [5.74, 6) is 0. The molecule has 1 aromatic carbocycles. The van der Waals surface area contributed by atoms with Crippen molar-refractivity contribution in [2.75, 3.05) is 5.73 Å². The summed E-state index contributed by atoms with van der Waals surface area (Å²) in [5, 5.41) is 7.47. The van der Waals surface area contributed by atoms with Gasteiger partial charge in [-0.3, -0.25) is 0 Å². The Morgan fingerprint density at radius 1 is 1.17 bits per heavy atom. The van der Waals surface area contributed by atoms with Gasteiger partial charge in [-0.15, -0.1) is 0 Å². The SMILES string of the molecule is Nc1cnnc(Cc2cccc(C(F)(F)F)c2)c1. The van der Waals surface area contributed by atoms with E-state index < -0.39 is 11.7 Å². The Morgan fingerprint density at radius 2 is 1.94 bits per heavy atom. The third-order valence-electron chi connectivity index (χ3n) is 2.37. The second-order valence-corrected chi connectivity index (χ2v) is 3.86. The number of nitrogen functional groups attached to an aromatic ring is 1. The molecule has 6 heteroatoms. The molecular formula is C12H10F3N3. The normalized spacial score (nSPS) is 11.5. The first-order valence-electron chi connectivity index (χ1n) is 5.18. The smallest absolute Gasteiger partial charge is 0.397 e. The minimum Gasteiger partial charge on any atom is -0.397 e. The van der Waals surface area contributed by atoms with Gasteiger partial charge < -0.3 is 5.73 Å². The molecule has 18 heavy (non-hydrogen) atoms. The van der Waals surface area contributed by atoms with E-state index in [9.17, 15) is 13.2 Å². The van der Waals surface area contributed by atoms with Crippen molar-refractivity contribution in [1.29, 1.82) is 0 Å². The van der Waals surface area contributed by atoms with Gasteiger partial charge in [0.15, 0.2) is 0 Å². The molecule has 2 N–H and O–H groups in total. The Morgan fingerprint density at radius 3 is 2.61 bits per heavy atom. The van der Waals surface area contributed by atoms with Crippen LogP contribution >= 0.6 is 0 Å². The van der Waals surface area contributed by atoms with Crippen molar-refractivity contribution in [1.82, 2.24) is 10.2 Å². The number of alkyl halides is 3. The molecule has 3 nitrogen and oxygen atoms in total. The van der Waals surface area contributed by atoms with Crippen LogP contribution in [0, 0.1) is 0 Å². The second-order valence-electron chi connectivity index (χ2n) is 3.86. The van der Waals surface area contributed by atoms with Crippen molar-refractivity contribution in [3.05, 3.63) is 53.3 Å². The summed E-state index contributed by atoms with van der Waals surface area (Å²) in [5.41, 5.74) is 6.35. The lowest BCUT2D eigenvalue weighted by Crippen LogP contribution is -2.05. The highest BCUT2D eigenvalue weighted by Gasteiger charge is 2.30. The molecule has 94 valence electrons. The fourth-order valence-corrected chi connectivity index (χ4v) is 1.58. The predicted molar refractivity (Wildman–Crippen MR) is 60.7 cm³/mol. The fourth-order valence-electron chi connectivity index (χ4n) is 1.58. The van der Waals surface area contributed by atoms with Crippen molar-refractivity contribution in [2.24, 2.45) is 0 Å². The van der Waals surface area contributed by atoms with Crippen LogP contribution in [0.2, 0.25) is 0 Å². The summed E-state index contributed by atoms with van der Waals surface area (Å²) in [6, 6.07) is 6.71. The van der Waals surface area contributed by atoms with Crippen LogP contribution in [0.5, 0.6) is 0 Å². The summed E-state index contributed by atoms with van der Waals surface area (Å²) in [4.78, 5) is 0. The van der Waals surface area contributed by atoms with Crippen LogP contribution < -0.4 is 5.73 Å². The molecule has 0 aliphatic heterocycles. The number of nitrogens with zero attached hydrogens (tertiary/aromatic N) is 2. The minimum absolute atomic E-state index is 0.266. The lowest BCUT2D eigenvalue weighted by atomic mass is 10.1. The standard InChI is InChI=1S/C12H10F3N3/c13-12(14,15)9-3-1-2-8(4-9)5-11-6-10(16)7-17-18-11/h1-4,6-7H,5H2,(H2,16,18). The number of rotatable bonds is 2. The summed E-state index contributed by atoms with van der Waals surface area (Å²) in [7, 11) is 0. The summed E-state index contributed by atoms with van der Waals surface area (Å²) in [6.07, 6.45) is -2.69. The molecule has 0 radical (unpaired) electrons. The summed E-state index contributed by atoms with van der Waals surface area (Å²) in [6.45, 7) is 0. The van der Waals surface area contributed by atoms with Crippen LogP contribution in [0.25, 0.3) is 0 Å². The molecule has 0 aliphatic carbocycles. The van der Waals surface area contributed by atoms with Crippen molar-refractivity contribution >= 4 is 5.69 Å². The fraction of sp³-hybridized carbons (Fsp3) is 0.167. The monoisotopic (exact) mass is 253 g/mol. The molecule has 0 saturated carbocycles. The summed E-state index contributed by atoms with van der Waals surface area (Å²) < 4.78 is 37.6. The van der Waals surface area contributed by atoms with E-state index in [4.69, 9.17) is 5.73 Å². The number of hydrogen-bond donors (Lipinski definition) is 1. The highest BCUT2D eigenvalue weighted by atomic mass is 19.4. The first kappa shape index (κ1) is 12.3. The average Bonchev–Trinajstić information content (AvgIpc) is 2.28. The molecule has 0 amide bonds. The molecule has 1 aromatic heterocycles. The van der Waals surface area contributed by atoms with Crippen molar-refractivity contribution in [2.45, 2.75) is 12.6 Å². The zero-order valence-electron chi connectivity index (χ0n) is 9.28. The molecule has 0 saturated heterocycles. The van der Waals surface area contributed by atoms with Gasteiger partial charge in [0.1, 0.15) is 0 Å². The van der Waals surface area contributed by atoms with Crippen LogP contribution in [0.15, 0.2) is 36.5 Å². The molecule has 2 rings (SSSR count). The van der Waals surface area contributed by atoms with Crippen molar-refractivity contribution in [3.63, 3.8) is 0 Å². The third-order valence-corrected chi connectivity index (χ3v) is 2.37. The van der Waals surface area contributed by atoms with Gasteiger partial charge in [0.25, 0.3) is 0 Å². The number of benzene rings is 1. The Balaban J connectivity index is 2.25. The largest absolute Gasteiger partial charge is 0.416 e. The molecule has 0 aliphatic rings. The van der Waals surface area contributed by atoms with Crippen LogP contribution in [-0.2, 0) is 12.6 Å². The van der Waals surface area contributed by atoms with E-state index in [1.807, 2.05) is 0 Å². The van der Waals surface area contributed by atoms with Crippen LogP contribution in [-0.4, -0.2) is 10.2 Å². The summed E-state index contributed by atoms with van der Waals surface area (Å²) >= 11 is 0. The number of nitrogens with two attached hydrogens (primary N) is 1. The van der Waals surface area contributed by atoms with Gasteiger partial charge in [0, 0.05) is 6.42 Å². The van der Waals surface area contributed by atoms with Crippen LogP contribution in [0.3, 0.4) is 0 Å². The molecule has 0 spiro atoms. The van der Waals surface area contributed by atoms with Gasteiger partial charge >= 0.3 is 6.18 Å². The zero-order chi connectivity index (χ0) is 13.2. The minimum atomic E-state index is -4.34. The first-order valence-corrected chi connectivity index (χ1v) is 5.18. The van der Waals surface area contributed by atoms with Gasteiger partial charge in [0.05, 0.1) is 23.1 Å². The van der Waals surface area contributed by atoms with Crippen LogP contribution in [0.1, 0.15) is 16.8 Å². The Labute approximate surface area is 101 Å². The molecular weight excluding hydrogens is 243 g/mol. The highest BCUT2D eigenvalue weighted by molar-refractivity contribution is 5.37. The average molecular weight is 253 g/mol. The lowest BCUT2D eigenvalue weighted by molar-refractivity contribution is -0.137. The van der Waals surface area contributed by atoms with Gasteiger partial charge in [-0.25, -0.2) is 0 Å². The van der Waals surface area contributed by atoms with Crippen molar-refractivity contribution in [3.8, 4) is 0 Å². The Kier molecular flexibility index (Phi) is 3.18. The van der Waals surface area contributed by atoms with E-state index >= 15 is 0 Å². The van der Waals surface area contributed by atoms with Gasteiger partial charge in [0.2, 0.25) is 0 Å². The number of hydrogen-bond acceptors (Lipinski definition) is 3. The molecule has 0 fully saturated rings. The first-order chi connectivity index (χ1) is 8.45. The van der Waals surface area contributed by atoms with E-state index in [2.05, 4.69) is 10.2 Å². The number of aromatic nitrogens is 2. The Bertz CT molecular complexity index is 552. The third kappa shape index (κ3) is 2.97. The predicted octanol–water partition coefficient (Wildman–Crippen LogP) is 2.67. The quantitative estimate of drug-likeness (QED) is 0.895. The maximum Gasteiger partial charge on any atom is 0.416 e. The van der Waals surface area contributed by atoms with E-state index in [0.29, 0.717) is 16.9 Å². The highest BCUT2D eigenvalue weighted by Crippen LogP contribution is 2.29. The number of anilines is 1. The molecule has 0 bridgehead atoms. The Hall–Kier alpha value is -2.11. The molecule has 0 atom stereocenters. The van der Waals surface area contributed by atoms with Crippen LogP contribution in [0.4, 0.5) is 18.9 Å². The second kappa shape index (κ2) is 4.64. The van der Waals surface area contributed by atoms with E-state index in [1.54, 1.807) is 12.1 Å². The maximum absolute atomic E-state index is 12.5. The van der Waals surface area contributed by atoms with Gasteiger partial charge in [-0.05, 0) is 17.7 Å². The zero-order valence-corrected chi connectivity index (χ0v) is 9.28. The molecule has 0 unspecified atom stereocenters. The molecule has 1 heterocycles.